The predicted octanol–water partition coefficient (Wildman–Crippen LogP) is 2.02. The van der Waals surface area contributed by atoms with Crippen LogP contribution in [0.4, 0.5) is 0 Å². The molecule has 0 aliphatic heterocycles. The molecule has 0 radical (unpaired) electrons. The Morgan fingerprint density at radius 2 is 2.00 bits per heavy atom. The highest BCUT2D eigenvalue weighted by atomic mass is 16.2. The molecule has 0 bridgehead atoms. The smallest absolute Gasteiger partial charge is 0.236 e. The third-order valence-electron chi connectivity index (χ3n) is 4.75. The number of carbonyl (C=O) groups is 1. The molecule has 98 valence electrons. The lowest BCUT2D eigenvalue weighted by molar-refractivity contribution is -0.129. The zero-order valence-corrected chi connectivity index (χ0v) is 11.4. The highest BCUT2D eigenvalue weighted by Gasteiger charge is 2.33. The molecule has 1 amide bonds. The van der Waals surface area contributed by atoms with Gasteiger partial charge in [0.1, 0.15) is 0 Å². The molecule has 17 heavy (non-hydrogen) atoms. The van der Waals surface area contributed by atoms with E-state index in [1.165, 1.54) is 32.1 Å². The van der Waals surface area contributed by atoms with Crippen molar-refractivity contribution in [1.29, 1.82) is 0 Å². The van der Waals surface area contributed by atoms with Gasteiger partial charge in [0, 0.05) is 19.1 Å². The summed E-state index contributed by atoms with van der Waals surface area (Å²) in [7, 11) is 1.94. The summed E-state index contributed by atoms with van der Waals surface area (Å²) in [5, 5.41) is 3.47. The van der Waals surface area contributed by atoms with Gasteiger partial charge in [-0.15, -0.1) is 0 Å². The van der Waals surface area contributed by atoms with Crippen LogP contribution in [0.5, 0.6) is 0 Å². The summed E-state index contributed by atoms with van der Waals surface area (Å²) in [5.41, 5.74) is 0. The topological polar surface area (TPSA) is 32.3 Å². The number of rotatable bonds is 5. The molecule has 3 atom stereocenters. The van der Waals surface area contributed by atoms with Gasteiger partial charge in [-0.3, -0.25) is 4.79 Å². The lowest BCUT2D eigenvalue weighted by Gasteiger charge is -2.23. The van der Waals surface area contributed by atoms with Gasteiger partial charge in [-0.05, 0) is 37.5 Å². The summed E-state index contributed by atoms with van der Waals surface area (Å²) in [4.78, 5) is 13.8. The van der Waals surface area contributed by atoms with Crippen molar-refractivity contribution in [2.24, 2.45) is 11.8 Å². The third-order valence-corrected chi connectivity index (χ3v) is 4.75. The molecule has 2 saturated carbocycles. The maximum absolute atomic E-state index is 11.9. The Labute approximate surface area is 105 Å². The number of nitrogens with one attached hydrogen (secondary N) is 1. The van der Waals surface area contributed by atoms with Crippen LogP contribution in [-0.4, -0.2) is 36.5 Å². The first-order valence-corrected chi connectivity index (χ1v) is 7.12. The van der Waals surface area contributed by atoms with Crippen molar-refractivity contribution in [3.63, 3.8) is 0 Å². The van der Waals surface area contributed by atoms with Gasteiger partial charge in [-0.25, -0.2) is 0 Å². The molecule has 3 heteroatoms. The van der Waals surface area contributed by atoms with Crippen molar-refractivity contribution in [2.75, 3.05) is 13.6 Å². The Balaban J connectivity index is 1.72. The van der Waals surface area contributed by atoms with Gasteiger partial charge >= 0.3 is 0 Å². The summed E-state index contributed by atoms with van der Waals surface area (Å²) in [6.07, 6.45) is 6.22. The van der Waals surface area contributed by atoms with E-state index in [-0.39, 0.29) is 5.91 Å². The number of likely N-dealkylation sites (N-methyl/N-ethyl adjacent to an activating group) is 1. The van der Waals surface area contributed by atoms with Crippen molar-refractivity contribution in [2.45, 2.75) is 58.0 Å². The van der Waals surface area contributed by atoms with Crippen LogP contribution in [0, 0.1) is 11.8 Å². The molecule has 0 spiro atoms. The van der Waals surface area contributed by atoms with Crippen molar-refractivity contribution < 1.29 is 4.79 Å². The molecule has 1 N–H and O–H groups in total. The molecule has 2 rings (SSSR count). The van der Waals surface area contributed by atoms with Crippen LogP contribution in [0.1, 0.15) is 46.0 Å². The monoisotopic (exact) mass is 238 g/mol. The van der Waals surface area contributed by atoms with Gasteiger partial charge in [0.15, 0.2) is 0 Å². The van der Waals surface area contributed by atoms with Gasteiger partial charge in [0.05, 0.1) is 6.54 Å². The fourth-order valence-electron chi connectivity index (χ4n) is 3.12. The summed E-state index contributed by atoms with van der Waals surface area (Å²) in [5.74, 6) is 1.84. The standard InChI is InChI=1S/C14H26N2O/c1-4-11-5-8-13(10(11)2)15-9-14(17)16(3)12-6-7-12/h10-13,15H,4-9H2,1-3H3. The highest BCUT2D eigenvalue weighted by Crippen LogP contribution is 2.33. The van der Waals surface area contributed by atoms with E-state index in [9.17, 15) is 4.79 Å². The third kappa shape index (κ3) is 3.01. The molecule has 3 unspecified atom stereocenters. The fraction of sp³-hybridized carbons (Fsp3) is 0.929. The molecular weight excluding hydrogens is 212 g/mol. The second-order valence-electron chi connectivity index (χ2n) is 5.83. The van der Waals surface area contributed by atoms with Crippen LogP contribution in [0.25, 0.3) is 0 Å². The van der Waals surface area contributed by atoms with E-state index in [0.717, 1.165) is 11.8 Å². The predicted molar refractivity (Wildman–Crippen MR) is 69.8 cm³/mol. The molecule has 0 aromatic rings. The van der Waals surface area contributed by atoms with E-state index in [0.29, 0.717) is 18.6 Å². The Bertz CT molecular complexity index is 275. The average molecular weight is 238 g/mol. The van der Waals surface area contributed by atoms with Gasteiger partial charge in [-0.1, -0.05) is 20.3 Å². The minimum atomic E-state index is 0.264. The second-order valence-corrected chi connectivity index (χ2v) is 5.83. The van der Waals surface area contributed by atoms with Crippen LogP contribution in [0.15, 0.2) is 0 Å². The maximum Gasteiger partial charge on any atom is 0.236 e. The lowest BCUT2D eigenvalue weighted by Crippen LogP contribution is -2.42. The second kappa shape index (κ2) is 5.38. The first kappa shape index (κ1) is 12.9. The van der Waals surface area contributed by atoms with Crippen LogP contribution in [0.2, 0.25) is 0 Å². The van der Waals surface area contributed by atoms with Gasteiger partial charge < -0.3 is 10.2 Å². The van der Waals surface area contributed by atoms with Crippen LogP contribution in [-0.2, 0) is 4.79 Å². The fourth-order valence-corrected chi connectivity index (χ4v) is 3.12. The van der Waals surface area contributed by atoms with Crippen molar-refractivity contribution in [3.05, 3.63) is 0 Å². The zero-order valence-electron chi connectivity index (χ0n) is 11.4. The maximum atomic E-state index is 11.9. The molecule has 0 aromatic heterocycles. The lowest BCUT2D eigenvalue weighted by atomic mass is 9.93. The number of hydrogen-bond acceptors (Lipinski definition) is 2. The average Bonchev–Trinajstić information content (AvgIpc) is 3.11. The van der Waals surface area contributed by atoms with Crippen LogP contribution in [0.3, 0.4) is 0 Å². The number of carbonyl (C=O) groups excluding carboxylic acids is 1. The molecule has 2 aliphatic rings. The highest BCUT2D eigenvalue weighted by molar-refractivity contribution is 5.78. The van der Waals surface area contributed by atoms with Gasteiger partial charge in [0.25, 0.3) is 0 Å². The van der Waals surface area contributed by atoms with Crippen molar-refractivity contribution >= 4 is 5.91 Å². The van der Waals surface area contributed by atoms with Crippen LogP contribution < -0.4 is 5.32 Å². The van der Waals surface area contributed by atoms with E-state index in [1.54, 1.807) is 0 Å². The summed E-state index contributed by atoms with van der Waals surface area (Å²) < 4.78 is 0. The van der Waals surface area contributed by atoms with Crippen molar-refractivity contribution in [1.82, 2.24) is 10.2 Å². The molecule has 0 saturated heterocycles. The SMILES string of the molecule is CCC1CCC(NCC(=O)N(C)C2CC2)C1C. The molecule has 2 fully saturated rings. The van der Waals surface area contributed by atoms with Gasteiger partial charge in [0.2, 0.25) is 5.91 Å². The van der Waals surface area contributed by atoms with Gasteiger partial charge in [-0.2, -0.15) is 0 Å². The normalized spacial score (nSPS) is 32.8. The summed E-state index contributed by atoms with van der Waals surface area (Å²) in [6.45, 7) is 5.13. The minimum Gasteiger partial charge on any atom is -0.342 e. The molecular formula is C14H26N2O. The van der Waals surface area contributed by atoms with E-state index in [2.05, 4.69) is 19.2 Å². The Hall–Kier alpha value is -0.570. The Morgan fingerprint density at radius 1 is 1.29 bits per heavy atom. The summed E-state index contributed by atoms with van der Waals surface area (Å²) in [6, 6.07) is 1.09. The molecule has 3 nitrogen and oxygen atoms in total. The van der Waals surface area contributed by atoms with Crippen LogP contribution >= 0.6 is 0 Å². The zero-order chi connectivity index (χ0) is 12.4. The largest absolute Gasteiger partial charge is 0.342 e. The quantitative estimate of drug-likeness (QED) is 0.795. The van der Waals surface area contributed by atoms with E-state index in [1.807, 2.05) is 11.9 Å². The van der Waals surface area contributed by atoms with E-state index >= 15 is 0 Å². The Kier molecular flexibility index (Phi) is 4.08. The first-order chi connectivity index (χ1) is 8.13. The molecule has 0 aromatic carbocycles. The number of nitrogens with zero attached hydrogens (tertiary/aromatic N) is 1. The minimum absolute atomic E-state index is 0.264. The van der Waals surface area contributed by atoms with E-state index in [4.69, 9.17) is 0 Å². The Morgan fingerprint density at radius 3 is 2.53 bits per heavy atom. The first-order valence-electron chi connectivity index (χ1n) is 7.12. The molecule has 2 aliphatic carbocycles. The number of amides is 1. The number of hydrogen-bond donors (Lipinski definition) is 1. The van der Waals surface area contributed by atoms with Crippen molar-refractivity contribution in [3.8, 4) is 0 Å². The van der Waals surface area contributed by atoms with E-state index < -0.39 is 0 Å². The summed E-state index contributed by atoms with van der Waals surface area (Å²) >= 11 is 0. The molecule has 0 heterocycles.